The van der Waals surface area contributed by atoms with Crippen LogP contribution in [0.1, 0.15) is 75.6 Å². The Balaban J connectivity index is 1.08. The average molecular weight is 589 g/mol. The molecule has 0 unspecified atom stereocenters. The molecule has 6 heteroatoms. The Hall–Kier alpha value is -4.32. The lowest BCUT2D eigenvalue weighted by Crippen LogP contribution is -2.01. The van der Waals surface area contributed by atoms with Crippen molar-refractivity contribution in [1.29, 1.82) is 0 Å². The molecule has 44 heavy (non-hydrogen) atoms. The minimum absolute atomic E-state index is 0.689. The SMILES string of the molecule is c1ccc(CCCCCCCOc2cc(OCCCCCCCc3ccccn3)cc(-c3ccc4cccnc4n3)c2)nc1. The van der Waals surface area contributed by atoms with Crippen LogP contribution >= 0.6 is 0 Å². The van der Waals surface area contributed by atoms with E-state index < -0.39 is 0 Å². The topological polar surface area (TPSA) is 70.0 Å². The fourth-order valence-electron chi connectivity index (χ4n) is 5.35. The summed E-state index contributed by atoms with van der Waals surface area (Å²) in [7, 11) is 0. The van der Waals surface area contributed by atoms with E-state index in [1.165, 1.54) is 49.9 Å². The maximum absolute atomic E-state index is 6.24. The van der Waals surface area contributed by atoms with Crippen LogP contribution in [0.4, 0.5) is 0 Å². The van der Waals surface area contributed by atoms with Crippen LogP contribution < -0.4 is 9.47 Å². The summed E-state index contributed by atoms with van der Waals surface area (Å²) in [4.78, 5) is 18.1. The van der Waals surface area contributed by atoms with Gasteiger partial charge in [0.25, 0.3) is 0 Å². The van der Waals surface area contributed by atoms with Crippen molar-refractivity contribution < 1.29 is 9.47 Å². The van der Waals surface area contributed by atoms with E-state index in [0.29, 0.717) is 13.2 Å². The van der Waals surface area contributed by atoms with Gasteiger partial charge in [0.15, 0.2) is 5.65 Å². The largest absolute Gasteiger partial charge is 0.493 e. The number of aromatic nitrogens is 4. The molecule has 1 aromatic carbocycles. The van der Waals surface area contributed by atoms with Crippen LogP contribution in [0.5, 0.6) is 11.5 Å². The number of benzene rings is 1. The molecule has 4 aromatic heterocycles. The molecule has 0 saturated heterocycles. The van der Waals surface area contributed by atoms with Crippen molar-refractivity contribution in [2.75, 3.05) is 13.2 Å². The van der Waals surface area contributed by atoms with Crippen LogP contribution in [-0.2, 0) is 12.8 Å². The van der Waals surface area contributed by atoms with Gasteiger partial charge in [-0.05, 0) is 99.2 Å². The van der Waals surface area contributed by atoms with Crippen molar-refractivity contribution in [2.24, 2.45) is 0 Å². The molecule has 0 amide bonds. The van der Waals surface area contributed by atoms with Crippen molar-refractivity contribution in [2.45, 2.75) is 77.0 Å². The van der Waals surface area contributed by atoms with E-state index in [2.05, 4.69) is 57.4 Å². The fourth-order valence-corrected chi connectivity index (χ4v) is 5.35. The van der Waals surface area contributed by atoms with Crippen LogP contribution in [-0.4, -0.2) is 33.1 Å². The smallest absolute Gasteiger partial charge is 0.159 e. The number of rotatable bonds is 19. The van der Waals surface area contributed by atoms with Gasteiger partial charge >= 0.3 is 0 Å². The predicted octanol–water partition coefficient (Wildman–Crippen LogP) is 9.23. The monoisotopic (exact) mass is 588 g/mol. The molecule has 228 valence electrons. The van der Waals surface area contributed by atoms with E-state index in [-0.39, 0.29) is 0 Å². The third-order valence-corrected chi connectivity index (χ3v) is 7.78. The van der Waals surface area contributed by atoms with Gasteiger partial charge < -0.3 is 9.47 Å². The molecular formula is C38H44N4O2. The summed E-state index contributed by atoms with van der Waals surface area (Å²) < 4.78 is 12.5. The highest BCUT2D eigenvalue weighted by atomic mass is 16.5. The molecule has 4 heterocycles. The second-order valence-corrected chi connectivity index (χ2v) is 11.3. The number of unbranched alkanes of at least 4 members (excludes halogenated alkanes) is 8. The standard InChI is InChI=1S/C38H44N4O2/c1(3-7-17-33-19-9-11-23-39-33)5-13-26-43-35-28-32(37-22-21-31-16-15-25-41-38(31)42-37)29-36(30-35)44-27-14-6-2-4-8-18-34-20-10-12-24-40-34/h9-12,15-16,19-25,28-30H,1-8,13-14,17-18,26-27H2. The van der Waals surface area contributed by atoms with Crippen molar-refractivity contribution in [3.8, 4) is 22.8 Å². The molecule has 5 aromatic rings. The average Bonchev–Trinajstić information content (AvgIpc) is 3.08. The van der Waals surface area contributed by atoms with E-state index in [9.17, 15) is 0 Å². The maximum Gasteiger partial charge on any atom is 0.159 e. The minimum Gasteiger partial charge on any atom is -0.493 e. The molecule has 0 spiro atoms. The van der Waals surface area contributed by atoms with Crippen LogP contribution in [0.25, 0.3) is 22.3 Å². The normalized spacial score (nSPS) is 11.1. The van der Waals surface area contributed by atoms with E-state index in [1.807, 2.05) is 48.8 Å². The molecule has 0 fully saturated rings. The van der Waals surface area contributed by atoms with Crippen LogP contribution in [0.3, 0.4) is 0 Å². The Labute approximate surface area is 261 Å². The molecule has 0 radical (unpaired) electrons. The lowest BCUT2D eigenvalue weighted by atomic mass is 10.1. The highest BCUT2D eigenvalue weighted by Crippen LogP contribution is 2.30. The van der Waals surface area contributed by atoms with Crippen LogP contribution in [0.2, 0.25) is 0 Å². The molecule has 5 rings (SSSR count). The van der Waals surface area contributed by atoms with Crippen LogP contribution in [0, 0.1) is 0 Å². The molecule has 6 nitrogen and oxygen atoms in total. The van der Waals surface area contributed by atoms with Gasteiger partial charge in [0.2, 0.25) is 0 Å². The number of hydrogen-bond donors (Lipinski definition) is 0. The van der Waals surface area contributed by atoms with Crippen molar-refractivity contribution in [1.82, 2.24) is 19.9 Å². The Morgan fingerprint density at radius 1 is 0.477 bits per heavy atom. The number of ether oxygens (including phenoxy) is 2. The summed E-state index contributed by atoms with van der Waals surface area (Å²) in [5.74, 6) is 1.65. The quantitative estimate of drug-likeness (QED) is 0.0896. The van der Waals surface area contributed by atoms with Gasteiger partial charge in [0, 0.05) is 47.0 Å². The van der Waals surface area contributed by atoms with Crippen molar-refractivity contribution >= 4 is 11.0 Å². The Bertz CT molecular complexity index is 1450. The van der Waals surface area contributed by atoms with Gasteiger partial charge in [-0.25, -0.2) is 9.97 Å². The first kappa shape index (κ1) is 31.1. The molecule has 0 N–H and O–H groups in total. The maximum atomic E-state index is 6.24. The summed E-state index contributed by atoms with van der Waals surface area (Å²) in [5, 5.41) is 1.03. The second kappa shape index (κ2) is 17.7. The molecule has 0 aliphatic carbocycles. The zero-order valence-corrected chi connectivity index (χ0v) is 25.7. The number of aryl methyl sites for hydroxylation is 2. The highest BCUT2D eigenvalue weighted by Gasteiger charge is 2.09. The van der Waals surface area contributed by atoms with E-state index in [0.717, 1.165) is 72.3 Å². The zero-order chi connectivity index (χ0) is 30.1. The Kier molecular flexibility index (Phi) is 12.5. The van der Waals surface area contributed by atoms with Crippen molar-refractivity contribution in [3.63, 3.8) is 0 Å². The van der Waals surface area contributed by atoms with Gasteiger partial charge in [-0.3, -0.25) is 9.97 Å². The first-order chi connectivity index (χ1) is 21.8. The van der Waals surface area contributed by atoms with Gasteiger partial charge in [-0.2, -0.15) is 0 Å². The summed E-state index contributed by atoms with van der Waals surface area (Å²) >= 11 is 0. The second-order valence-electron chi connectivity index (χ2n) is 11.3. The van der Waals surface area contributed by atoms with Crippen LogP contribution in [0.15, 0.2) is 97.5 Å². The number of fused-ring (bicyclic) bond motifs is 1. The number of pyridine rings is 4. The molecule has 0 saturated carbocycles. The Morgan fingerprint density at radius 2 is 1.05 bits per heavy atom. The molecule has 0 bridgehead atoms. The van der Waals surface area contributed by atoms with Gasteiger partial charge in [-0.15, -0.1) is 0 Å². The summed E-state index contributed by atoms with van der Waals surface area (Å²) in [6.07, 6.45) is 19.2. The first-order valence-corrected chi connectivity index (χ1v) is 16.3. The lowest BCUT2D eigenvalue weighted by Gasteiger charge is -2.13. The van der Waals surface area contributed by atoms with Crippen molar-refractivity contribution in [3.05, 3.63) is 109 Å². The predicted molar refractivity (Wildman–Crippen MR) is 178 cm³/mol. The third-order valence-electron chi connectivity index (χ3n) is 7.78. The fraction of sp³-hybridized carbons (Fsp3) is 0.368. The van der Waals surface area contributed by atoms with Gasteiger partial charge in [-0.1, -0.05) is 50.7 Å². The number of hydrogen-bond acceptors (Lipinski definition) is 6. The van der Waals surface area contributed by atoms with Gasteiger partial charge in [0.05, 0.1) is 18.9 Å². The highest BCUT2D eigenvalue weighted by molar-refractivity contribution is 5.78. The molecule has 0 aliphatic heterocycles. The summed E-state index contributed by atoms with van der Waals surface area (Å²) in [6, 6.07) is 26.5. The zero-order valence-electron chi connectivity index (χ0n) is 25.7. The van der Waals surface area contributed by atoms with E-state index in [1.54, 1.807) is 6.20 Å². The summed E-state index contributed by atoms with van der Waals surface area (Å²) in [5.41, 5.74) is 4.95. The van der Waals surface area contributed by atoms with E-state index in [4.69, 9.17) is 14.5 Å². The number of nitrogens with zero attached hydrogens (tertiary/aromatic N) is 4. The molecule has 0 aliphatic rings. The van der Waals surface area contributed by atoms with E-state index >= 15 is 0 Å². The lowest BCUT2D eigenvalue weighted by molar-refractivity contribution is 0.290. The minimum atomic E-state index is 0.689. The summed E-state index contributed by atoms with van der Waals surface area (Å²) in [6.45, 7) is 1.38. The Morgan fingerprint density at radius 3 is 1.64 bits per heavy atom. The molecule has 0 atom stereocenters. The third kappa shape index (κ3) is 10.4. The molecular weight excluding hydrogens is 544 g/mol. The first-order valence-electron chi connectivity index (χ1n) is 16.3. The van der Waals surface area contributed by atoms with Gasteiger partial charge in [0.1, 0.15) is 11.5 Å².